The maximum absolute atomic E-state index is 9.35. The molecule has 0 fully saturated rings. The first kappa shape index (κ1) is 9.52. The van der Waals surface area contributed by atoms with E-state index in [1.807, 2.05) is 6.92 Å². The largest absolute Gasteiger partial charge is 0.392 e. The van der Waals surface area contributed by atoms with Crippen molar-refractivity contribution in [1.29, 1.82) is 0 Å². The summed E-state index contributed by atoms with van der Waals surface area (Å²) in [5.74, 6) is 6.01. The van der Waals surface area contributed by atoms with Crippen LogP contribution < -0.4 is 0 Å². The Morgan fingerprint density at radius 3 is 2.50 bits per heavy atom. The summed E-state index contributed by atoms with van der Waals surface area (Å²) in [6.45, 7) is 5.92. The van der Waals surface area contributed by atoms with Crippen LogP contribution in [-0.4, -0.2) is 11.2 Å². The molecule has 0 aromatic heterocycles. The molecule has 2 atom stereocenters. The molecular weight excluding hydrogens is 124 g/mol. The predicted molar refractivity (Wildman–Crippen MR) is 43.5 cm³/mol. The highest BCUT2D eigenvalue weighted by atomic mass is 16.3. The Morgan fingerprint density at radius 2 is 2.10 bits per heavy atom. The van der Waals surface area contributed by atoms with Gasteiger partial charge in [-0.25, -0.2) is 0 Å². The molecule has 0 aromatic carbocycles. The summed E-state index contributed by atoms with van der Waals surface area (Å²) in [4.78, 5) is 0. The lowest BCUT2D eigenvalue weighted by Gasteiger charge is -2.13. The minimum Gasteiger partial charge on any atom is -0.392 e. The van der Waals surface area contributed by atoms with Gasteiger partial charge in [0, 0.05) is 6.42 Å². The fourth-order valence-electron chi connectivity index (χ4n) is 0.680. The second-order valence-corrected chi connectivity index (χ2v) is 2.58. The summed E-state index contributed by atoms with van der Waals surface area (Å²) in [5, 5.41) is 9.35. The van der Waals surface area contributed by atoms with Gasteiger partial charge in [-0.3, -0.25) is 0 Å². The van der Waals surface area contributed by atoms with Crippen molar-refractivity contribution in [3.05, 3.63) is 0 Å². The highest BCUT2D eigenvalue weighted by Crippen LogP contribution is 2.09. The molecule has 0 heterocycles. The minimum absolute atomic E-state index is 0.238. The van der Waals surface area contributed by atoms with Crippen LogP contribution in [0.5, 0.6) is 0 Å². The Bertz CT molecular complexity index is 129. The van der Waals surface area contributed by atoms with Crippen molar-refractivity contribution in [2.75, 3.05) is 0 Å². The summed E-state index contributed by atoms with van der Waals surface area (Å²) in [7, 11) is 0. The van der Waals surface area contributed by atoms with Gasteiger partial charge < -0.3 is 5.11 Å². The summed E-state index contributed by atoms with van der Waals surface area (Å²) in [5.41, 5.74) is 0. The van der Waals surface area contributed by atoms with Crippen molar-refractivity contribution in [1.82, 2.24) is 0 Å². The molecule has 10 heavy (non-hydrogen) atoms. The van der Waals surface area contributed by atoms with Crippen LogP contribution in [0.2, 0.25) is 0 Å². The average Bonchev–Trinajstić information content (AvgIpc) is 1.98. The van der Waals surface area contributed by atoms with Crippen molar-refractivity contribution in [3.63, 3.8) is 0 Å². The van der Waals surface area contributed by atoms with Gasteiger partial charge in [-0.1, -0.05) is 20.3 Å². The molecular formula is C9H16O. The molecule has 0 radical (unpaired) electrons. The third kappa shape index (κ3) is 3.53. The van der Waals surface area contributed by atoms with Gasteiger partial charge >= 0.3 is 0 Å². The number of aliphatic hydroxyl groups excluding tert-OH is 1. The van der Waals surface area contributed by atoms with Gasteiger partial charge in [0.2, 0.25) is 0 Å². The monoisotopic (exact) mass is 140 g/mol. The Balaban J connectivity index is 3.57. The number of hydrogen-bond donors (Lipinski definition) is 1. The van der Waals surface area contributed by atoms with Gasteiger partial charge in [0.15, 0.2) is 0 Å². The van der Waals surface area contributed by atoms with Crippen LogP contribution in [0.3, 0.4) is 0 Å². The number of hydrogen-bond acceptors (Lipinski definition) is 1. The van der Waals surface area contributed by atoms with E-state index in [0.29, 0.717) is 12.3 Å². The van der Waals surface area contributed by atoms with Gasteiger partial charge in [0.25, 0.3) is 0 Å². The Kier molecular flexibility index (Phi) is 5.06. The second kappa shape index (κ2) is 5.32. The van der Waals surface area contributed by atoms with Gasteiger partial charge in [0.1, 0.15) is 0 Å². The van der Waals surface area contributed by atoms with E-state index in [-0.39, 0.29) is 6.10 Å². The van der Waals surface area contributed by atoms with E-state index in [4.69, 9.17) is 0 Å². The topological polar surface area (TPSA) is 20.2 Å². The van der Waals surface area contributed by atoms with Crippen LogP contribution >= 0.6 is 0 Å². The highest BCUT2D eigenvalue weighted by molar-refractivity contribution is 4.97. The standard InChI is InChI=1S/C9H16O/c1-4-6-7-9(10)8(3)5-2/h8-10H,5,7H2,1-3H3. The molecule has 1 nitrogen and oxygen atoms in total. The van der Waals surface area contributed by atoms with Gasteiger partial charge in [-0.15, -0.1) is 11.8 Å². The Morgan fingerprint density at radius 1 is 1.50 bits per heavy atom. The maximum Gasteiger partial charge on any atom is 0.0674 e. The zero-order valence-corrected chi connectivity index (χ0v) is 7.02. The molecule has 0 rings (SSSR count). The molecule has 0 saturated carbocycles. The molecule has 0 bridgehead atoms. The average molecular weight is 140 g/mol. The first-order valence-electron chi connectivity index (χ1n) is 3.80. The van der Waals surface area contributed by atoms with Crippen LogP contribution in [0.15, 0.2) is 0 Å². The molecule has 2 unspecified atom stereocenters. The SMILES string of the molecule is CC#CCC(O)C(C)CC. The fourth-order valence-corrected chi connectivity index (χ4v) is 0.680. The van der Waals surface area contributed by atoms with Crippen molar-refractivity contribution >= 4 is 0 Å². The molecule has 0 aliphatic carbocycles. The van der Waals surface area contributed by atoms with Crippen molar-refractivity contribution in [2.24, 2.45) is 5.92 Å². The summed E-state index contributed by atoms with van der Waals surface area (Å²) < 4.78 is 0. The molecule has 1 heteroatoms. The highest BCUT2D eigenvalue weighted by Gasteiger charge is 2.09. The molecule has 58 valence electrons. The second-order valence-electron chi connectivity index (χ2n) is 2.58. The van der Waals surface area contributed by atoms with Crippen LogP contribution in [0, 0.1) is 17.8 Å². The van der Waals surface area contributed by atoms with Crippen molar-refractivity contribution in [2.45, 2.75) is 39.7 Å². The first-order chi connectivity index (χ1) is 4.72. The Labute approximate surface area is 63.5 Å². The smallest absolute Gasteiger partial charge is 0.0674 e. The molecule has 1 N–H and O–H groups in total. The zero-order chi connectivity index (χ0) is 7.98. The van der Waals surface area contributed by atoms with E-state index in [9.17, 15) is 5.11 Å². The van der Waals surface area contributed by atoms with Crippen molar-refractivity contribution < 1.29 is 5.11 Å². The van der Waals surface area contributed by atoms with Crippen molar-refractivity contribution in [3.8, 4) is 11.8 Å². The van der Waals surface area contributed by atoms with E-state index in [0.717, 1.165) is 6.42 Å². The van der Waals surface area contributed by atoms with Gasteiger partial charge in [0.05, 0.1) is 6.10 Å². The molecule has 0 amide bonds. The predicted octanol–water partition coefficient (Wildman–Crippen LogP) is 1.81. The van der Waals surface area contributed by atoms with Gasteiger partial charge in [-0.2, -0.15) is 0 Å². The van der Waals surface area contributed by atoms with Gasteiger partial charge in [-0.05, 0) is 12.8 Å². The third-order valence-electron chi connectivity index (χ3n) is 1.79. The normalized spacial score (nSPS) is 15.2. The number of rotatable bonds is 3. The first-order valence-corrected chi connectivity index (χ1v) is 3.80. The minimum atomic E-state index is -0.238. The fraction of sp³-hybridized carbons (Fsp3) is 0.778. The lowest BCUT2D eigenvalue weighted by atomic mass is 10.00. The molecule has 0 saturated heterocycles. The van der Waals surface area contributed by atoms with Crippen LogP contribution in [0.25, 0.3) is 0 Å². The van der Waals surface area contributed by atoms with E-state index in [1.54, 1.807) is 6.92 Å². The summed E-state index contributed by atoms with van der Waals surface area (Å²) in [6.07, 6.45) is 1.40. The summed E-state index contributed by atoms with van der Waals surface area (Å²) >= 11 is 0. The quantitative estimate of drug-likeness (QED) is 0.593. The van der Waals surface area contributed by atoms with Crippen LogP contribution in [0.1, 0.15) is 33.6 Å². The molecule has 0 spiro atoms. The molecule has 0 aliphatic rings. The lowest BCUT2D eigenvalue weighted by molar-refractivity contribution is 0.119. The molecule has 0 aliphatic heterocycles. The van der Waals surface area contributed by atoms with E-state index >= 15 is 0 Å². The van der Waals surface area contributed by atoms with E-state index in [2.05, 4.69) is 18.8 Å². The van der Waals surface area contributed by atoms with E-state index in [1.165, 1.54) is 0 Å². The zero-order valence-electron chi connectivity index (χ0n) is 7.02. The molecule has 0 aromatic rings. The van der Waals surface area contributed by atoms with Crippen LogP contribution in [-0.2, 0) is 0 Å². The summed E-state index contributed by atoms with van der Waals surface area (Å²) in [6, 6.07) is 0. The maximum atomic E-state index is 9.35. The Hall–Kier alpha value is -0.480. The third-order valence-corrected chi connectivity index (χ3v) is 1.79. The van der Waals surface area contributed by atoms with E-state index < -0.39 is 0 Å². The lowest BCUT2D eigenvalue weighted by Crippen LogP contribution is -2.15. The number of aliphatic hydroxyl groups is 1. The van der Waals surface area contributed by atoms with Crippen LogP contribution in [0.4, 0.5) is 0 Å².